The largest absolute Gasteiger partial charge is 0.467 e. The number of aryl methyl sites for hydroxylation is 1. The van der Waals surface area contributed by atoms with E-state index in [9.17, 15) is 4.79 Å². The second-order valence-electron chi connectivity index (χ2n) is 7.59. The maximum atomic E-state index is 12.7. The quantitative estimate of drug-likeness (QED) is 0.290. The summed E-state index contributed by atoms with van der Waals surface area (Å²) in [5.41, 5.74) is 5.40. The lowest BCUT2D eigenvalue weighted by Gasteiger charge is -2.20. The molecule has 4 nitrogen and oxygen atoms in total. The SMILES string of the molecule is COC(=O)[C@H](Cc1ccccc1)Nc1cc(-c2ccc(Br)cc2)nc2c(C)cc(Cl)cc12. The van der Waals surface area contributed by atoms with Gasteiger partial charge >= 0.3 is 5.97 Å². The molecule has 6 heteroatoms. The number of esters is 1. The van der Waals surface area contributed by atoms with Crippen LogP contribution in [0.4, 0.5) is 5.69 Å². The van der Waals surface area contributed by atoms with Crippen molar-refractivity contribution in [1.82, 2.24) is 4.98 Å². The molecule has 0 aliphatic heterocycles. The standard InChI is InChI=1S/C26H22BrClN2O2/c1-16-12-20(28)14-21-23(15-22(30-25(16)21)18-8-10-19(27)11-9-18)29-24(26(31)32-2)13-17-6-4-3-5-7-17/h3-12,14-15,24H,13H2,1-2H3,(H,29,30)/t24-/m0/s1. The fourth-order valence-corrected chi connectivity index (χ4v) is 4.25. The number of benzene rings is 3. The second-order valence-corrected chi connectivity index (χ2v) is 8.94. The Hall–Kier alpha value is -2.89. The maximum Gasteiger partial charge on any atom is 0.328 e. The molecule has 0 fully saturated rings. The number of hydrogen-bond donors (Lipinski definition) is 1. The molecule has 0 amide bonds. The summed E-state index contributed by atoms with van der Waals surface area (Å²) in [5, 5.41) is 4.89. The Bertz CT molecular complexity index is 1260. The van der Waals surface area contributed by atoms with Gasteiger partial charge in [0.1, 0.15) is 6.04 Å². The summed E-state index contributed by atoms with van der Waals surface area (Å²) in [6.45, 7) is 1.98. The third-order valence-corrected chi connectivity index (χ3v) is 6.05. The molecule has 1 heterocycles. The molecular weight excluding hydrogens is 488 g/mol. The van der Waals surface area contributed by atoms with Gasteiger partial charge < -0.3 is 10.1 Å². The number of rotatable bonds is 6. The van der Waals surface area contributed by atoms with Crippen molar-refractivity contribution in [2.24, 2.45) is 0 Å². The average molecular weight is 510 g/mol. The molecule has 1 aromatic heterocycles. The number of methoxy groups -OCH3 is 1. The van der Waals surface area contributed by atoms with Crippen LogP contribution in [0.1, 0.15) is 11.1 Å². The smallest absolute Gasteiger partial charge is 0.328 e. The van der Waals surface area contributed by atoms with E-state index >= 15 is 0 Å². The third kappa shape index (κ3) is 4.95. The Morgan fingerprint density at radius 2 is 1.81 bits per heavy atom. The minimum atomic E-state index is -0.565. The molecule has 1 N–H and O–H groups in total. The lowest BCUT2D eigenvalue weighted by molar-refractivity contribution is -0.141. The van der Waals surface area contributed by atoms with E-state index in [1.54, 1.807) is 0 Å². The minimum Gasteiger partial charge on any atom is -0.467 e. The van der Waals surface area contributed by atoms with Crippen molar-refractivity contribution in [3.8, 4) is 11.3 Å². The van der Waals surface area contributed by atoms with E-state index in [1.807, 2.05) is 79.7 Å². The van der Waals surface area contributed by atoms with Crippen molar-refractivity contribution in [2.75, 3.05) is 12.4 Å². The summed E-state index contributed by atoms with van der Waals surface area (Å²) in [6, 6.07) is 23.0. The summed E-state index contributed by atoms with van der Waals surface area (Å²) in [4.78, 5) is 17.6. The summed E-state index contributed by atoms with van der Waals surface area (Å²) in [7, 11) is 1.40. The van der Waals surface area contributed by atoms with Gasteiger partial charge in [-0.15, -0.1) is 0 Å². The van der Waals surface area contributed by atoms with Crippen LogP contribution in [0.25, 0.3) is 22.2 Å². The third-order valence-electron chi connectivity index (χ3n) is 5.31. The summed E-state index contributed by atoms with van der Waals surface area (Å²) < 4.78 is 6.09. The minimum absolute atomic E-state index is 0.331. The van der Waals surface area contributed by atoms with Gasteiger partial charge in [0.2, 0.25) is 0 Å². The zero-order valence-corrected chi connectivity index (χ0v) is 20.1. The van der Waals surface area contributed by atoms with Crippen LogP contribution in [0.2, 0.25) is 5.02 Å². The van der Waals surface area contributed by atoms with E-state index in [2.05, 4.69) is 21.2 Å². The van der Waals surface area contributed by atoms with Crippen LogP contribution in [0, 0.1) is 6.92 Å². The van der Waals surface area contributed by atoms with E-state index in [4.69, 9.17) is 21.3 Å². The van der Waals surface area contributed by atoms with Gasteiger partial charge in [0.25, 0.3) is 0 Å². The van der Waals surface area contributed by atoms with E-state index in [1.165, 1.54) is 7.11 Å². The van der Waals surface area contributed by atoms with E-state index in [0.717, 1.165) is 43.4 Å². The molecule has 32 heavy (non-hydrogen) atoms. The van der Waals surface area contributed by atoms with Crippen LogP contribution in [0.5, 0.6) is 0 Å². The highest BCUT2D eigenvalue weighted by Crippen LogP contribution is 2.33. The average Bonchev–Trinajstić information content (AvgIpc) is 2.79. The molecule has 1 atom stereocenters. The molecular formula is C26H22BrClN2O2. The van der Waals surface area contributed by atoms with Crippen LogP contribution in [0.15, 0.2) is 77.3 Å². The molecule has 0 radical (unpaired) electrons. The van der Waals surface area contributed by atoms with Crippen LogP contribution >= 0.6 is 27.5 Å². The van der Waals surface area contributed by atoms with Gasteiger partial charge in [-0.1, -0.05) is 70.0 Å². The van der Waals surface area contributed by atoms with Gasteiger partial charge in [-0.2, -0.15) is 0 Å². The fourth-order valence-electron chi connectivity index (χ4n) is 3.72. The predicted molar refractivity (Wildman–Crippen MR) is 134 cm³/mol. The summed E-state index contributed by atoms with van der Waals surface area (Å²) in [6.07, 6.45) is 0.491. The number of carbonyl (C=O) groups excluding carboxylic acids is 1. The van der Waals surface area contributed by atoms with Crippen molar-refractivity contribution in [1.29, 1.82) is 0 Å². The summed E-state index contributed by atoms with van der Waals surface area (Å²) in [5.74, 6) is -0.331. The van der Waals surface area contributed by atoms with Crippen molar-refractivity contribution in [2.45, 2.75) is 19.4 Å². The highest BCUT2D eigenvalue weighted by Gasteiger charge is 2.22. The Balaban J connectivity index is 1.82. The van der Waals surface area contributed by atoms with Gasteiger partial charge in [-0.3, -0.25) is 0 Å². The lowest BCUT2D eigenvalue weighted by Crippen LogP contribution is -2.33. The fraction of sp³-hybridized carbons (Fsp3) is 0.154. The Morgan fingerprint density at radius 3 is 2.50 bits per heavy atom. The molecule has 0 bridgehead atoms. The zero-order valence-electron chi connectivity index (χ0n) is 17.7. The first-order valence-corrected chi connectivity index (χ1v) is 11.4. The molecule has 0 unspecified atom stereocenters. The molecule has 0 aliphatic rings. The van der Waals surface area contributed by atoms with E-state index in [0.29, 0.717) is 11.4 Å². The predicted octanol–water partition coefficient (Wildman–Crippen LogP) is 6.82. The maximum absolute atomic E-state index is 12.7. The molecule has 0 spiro atoms. The first-order valence-electron chi connectivity index (χ1n) is 10.2. The number of aromatic nitrogens is 1. The number of anilines is 1. The number of halogens is 2. The number of fused-ring (bicyclic) bond motifs is 1. The van der Waals surface area contributed by atoms with Gasteiger partial charge in [-0.25, -0.2) is 9.78 Å². The van der Waals surface area contributed by atoms with E-state index in [-0.39, 0.29) is 5.97 Å². The first kappa shape index (κ1) is 22.3. The Morgan fingerprint density at radius 1 is 1.09 bits per heavy atom. The van der Waals surface area contributed by atoms with Crippen molar-refractivity contribution in [3.63, 3.8) is 0 Å². The van der Waals surface area contributed by atoms with Crippen molar-refractivity contribution < 1.29 is 9.53 Å². The van der Waals surface area contributed by atoms with E-state index < -0.39 is 6.04 Å². The monoisotopic (exact) mass is 508 g/mol. The number of carbonyl (C=O) groups is 1. The van der Waals surface area contributed by atoms with Gasteiger partial charge in [0.15, 0.2) is 0 Å². The topological polar surface area (TPSA) is 51.2 Å². The van der Waals surface area contributed by atoms with Crippen molar-refractivity contribution >= 4 is 50.1 Å². The molecule has 4 rings (SSSR count). The molecule has 3 aromatic carbocycles. The highest BCUT2D eigenvalue weighted by atomic mass is 79.9. The van der Waals surface area contributed by atoms with Gasteiger partial charge in [0, 0.05) is 32.6 Å². The molecule has 4 aromatic rings. The first-order chi connectivity index (χ1) is 15.4. The van der Waals surface area contributed by atoms with Gasteiger partial charge in [-0.05, 0) is 48.4 Å². The Labute approximate surface area is 200 Å². The van der Waals surface area contributed by atoms with Crippen LogP contribution in [0.3, 0.4) is 0 Å². The zero-order chi connectivity index (χ0) is 22.7. The number of hydrogen-bond acceptors (Lipinski definition) is 4. The number of pyridine rings is 1. The molecule has 0 aliphatic carbocycles. The second kappa shape index (κ2) is 9.72. The summed E-state index contributed by atoms with van der Waals surface area (Å²) >= 11 is 9.86. The molecule has 162 valence electrons. The van der Waals surface area contributed by atoms with Gasteiger partial charge in [0.05, 0.1) is 18.3 Å². The number of nitrogens with zero attached hydrogens (tertiary/aromatic N) is 1. The normalized spacial score (nSPS) is 11.9. The number of ether oxygens (including phenoxy) is 1. The van der Waals surface area contributed by atoms with Crippen LogP contribution in [-0.2, 0) is 16.0 Å². The molecule has 0 saturated heterocycles. The van der Waals surface area contributed by atoms with Crippen LogP contribution in [-0.4, -0.2) is 24.1 Å². The Kier molecular flexibility index (Phi) is 6.77. The highest BCUT2D eigenvalue weighted by molar-refractivity contribution is 9.10. The van der Waals surface area contributed by atoms with Crippen molar-refractivity contribution in [3.05, 3.63) is 93.4 Å². The lowest BCUT2D eigenvalue weighted by atomic mass is 10.0. The molecule has 0 saturated carbocycles. The number of nitrogens with one attached hydrogen (secondary N) is 1. The van der Waals surface area contributed by atoms with Crippen LogP contribution < -0.4 is 5.32 Å².